The van der Waals surface area contributed by atoms with Gasteiger partial charge in [0.2, 0.25) is 0 Å². The number of rotatable bonds is 7. The topological polar surface area (TPSA) is 102 Å². The molecule has 0 saturated heterocycles. The van der Waals surface area contributed by atoms with Gasteiger partial charge >= 0.3 is 5.97 Å². The summed E-state index contributed by atoms with van der Waals surface area (Å²) >= 11 is 1.30. The number of thiophene rings is 1. The molecule has 2 amide bonds. The maximum Gasteiger partial charge on any atom is 0.306 e. The van der Waals surface area contributed by atoms with E-state index in [2.05, 4.69) is 10.9 Å². The van der Waals surface area contributed by atoms with Crippen LogP contribution in [0.15, 0.2) is 47.8 Å². The molecule has 0 fully saturated rings. The van der Waals surface area contributed by atoms with E-state index in [9.17, 15) is 19.2 Å². The second-order valence-corrected chi connectivity index (χ2v) is 5.88. The van der Waals surface area contributed by atoms with E-state index in [1.165, 1.54) is 11.3 Å². The predicted molar refractivity (Wildman–Crippen MR) is 90.9 cm³/mol. The second kappa shape index (κ2) is 9.33. The highest BCUT2D eigenvalue weighted by atomic mass is 32.1. The minimum Gasteiger partial charge on any atom is -0.455 e. The average Bonchev–Trinajstić information content (AvgIpc) is 3.18. The summed E-state index contributed by atoms with van der Waals surface area (Å²) in [6.45, 7) is -0.541. The van der Waals surface area contributed by atoms with Crippen LogP contribution in [0.25, 0.3) is 0 Å². The van der Waals surface area contributed by atoms with E-state index >= 15 is 0 Å². The molecule has 1 heterocycles. The zero-order chi connectivity index (χ0) is 18.1. The van der Waals surface area contributed by atoms with E-state index in [4.69, 9.17) is 4.74 Å². The van der Waals surface area contributed by atoms with E-state index in [1.807, 2.05) is 0 Å². The molecule has 7 nitrogen and oxygen atoms in total. The highest BCUT2D eigenvalue weighted by Crippen LogP contribution is 2.12. The lowest BCUT2D eigenvalue weighted by Crippen LogP contribution is -2.43. The van der Waals surface area contributed by atoms with Crippen molar-refractivity contribution in [2.75, 3.05) is 6.61 Å². The molecule has 0 saturated carbocycles. The molecule has 2 rings (SSSR count). The summed E-state index contributed by atoms with van der Waals surface area (Å²) in [6, 6.07) is 11.8. The van der Waals surface area contributed by atoms with Crippen molar-refractivity contribution < 1.29 is 23.9 Å². The number of Topliss-reactive ketones (excluding diaryl/α,β-unsaturated/α-hetero) is 1. The number of amides is 2. The fourth-order valence-electron chi connectivity index (χ4n) is 1.82. The Hall–Kier alpha value is -3.00. The van der Waals surface area contributed by atoms with Crippen LogP contribution in [0, 0.1) is 0 Å². The minimum absolute atomic E-state index is 0.0196. The number of esters is 1. The molecule has 0 aliphatic heterocycles. The molecule has 0 atom stereocenters. The minimum atomic E-state index is -0.679. The summed E-state index contributed by atoms with van der Waals surface area (Å²) in [5.41, 5.74) is 4.73. The van der Waals surface area contributed by atoms with Gasteiger partial charge in [0, 0.05) is 12.0 Å². The fourth-order valence-corrected chi connectivity index (χ4v) is 2.51. The summed E-state index contributed by atoms with van der Waals surface area (Å²) in [7, 11) is 0. The number of nitrogens with one attached hydrogen (secondary N) is 2. The molecule has 1 aromatic heterocycles. The Bertz CT molecular complexity index is 744. The lowest BCUT2D eigenvalue weighted by Gasteiger charge is -2.08. The summed E-state index contributed by atoms with van der Waals surface area (Å²) in [6.07, 6.45) is -0.0912. The van der Waals surface area contributed by atoms with Crippen LogP contribution < -0.4 is 10.9 Å². The lowest BCUT2D eigenvalue weighted by atomic mass is 10.2. The number of carbonyl (C=O) groups excluding carboxylic acids is 4. The smallest absolute Gasteiger partial charge is 0.306 e. The third-order valence-corrected chi connectivity index (χ3v) is 3.98. The van der Waals surface area contributed by atoms with Crippen molar-refractivity contribution in [3.8, 4) is 0 Å². The van der Waals surface area contributed by atoms with Gasteiger partial charge in [-0.05, 0) is 23.6 Å². The first-order chi connectivity index (χ1) is 12.1. The van der Waals surface area contributed by atoms with E-state index < -0.39 is 24.4 Å². The highest BCUT2D eigenvalue weighted by molar-refractivity contribution is 7.12. The molecule has 0 bridgehead atoms. The van der Waals surface area contributed by atoms with Crippen molar-refractivity contribution in [1.29, 1.82) is 0 Å². The molecule has 0 radical (unpaired) electrons. The lowest BCUT2D eigenvalue weighted by molar-refractivity contribution is -0.148. The molecule has 0 aliphatic carbocycles. The van der Waals surface area contributed by atoms with Gasteiger partial charge in [-0.25, -0.2) is 0 Å². The van der Waals surface area contributed by atoms with Crippen LogP contribution >= 0.6 is 11.3 Å². The standard InChI is InChI=1S/C17H16N2O5S/c20-13(14-7-4-10-25-14)8-9-16(22)24-11-15(21)18-19-17(23)12-5-2-1-3-6-12/h1-7,10H,8-9,11H2,(H,18,21)(H,19,23). The average molecular weight is 360 g/mol. The van der Waals surface area contributed by atoms with Gasteiger partial charge in [-0.1, -0.05) is 24.3 Å². The third-order valence-electron chi connectivity index (χ3n) is 3.07. The van der Waals surface area contributed by atoms with Gasteiger partial charge in [0.05, 0.1) is 11.3 Å². The van der Waals surface area contributed by atoms with Gasteiger partial charge in [0.15, 0.2) is 12.4 Å². The normalized spacial score (nSPS) is 9.92. The molecule has 25 heavy (non-hydrogen) atoms. The number of benzene rings is 1. The zero-order valence-electron chi connectivity index (χ0n) is 13.2. The van der Waals surface area contributed by atoms with Gasteiger partial charge in [-0.15, -0.1) is 11.3 Å². The maximum absolute atomic E-state index is 11.7. The van der Waals surface area contributed by atoms with E-state index in [1.54, 1.807) is 47.8 Å². The van der Waals surface area contributed by atoms with Crippen molar-refractivity contribution in [2.45, 2.75) is 12.8 Å². The number of ketones is 1. The van der Waals surface area contributed by atoms with Crippen LogP contribution in [-0.4, -0.2) is 30.2 Å². The van der Waals surface area contributed by atoms with Crippen molar-refractivity contribution in [3.05, 3.63) is 58.3 Å². The fraction of sp³-hybridized carbons (Fsp3) is 0.176. The molecule has 0 spiro atoms. The molecule has 8 heteroatoms. The number of hydrogen-bond acceptors (Lipinski definition) is 6. The quantitative estimate of drug-likeness (QED) is 0.445. The Morgan fingerprint density at radius 1 is 0.920 bits per heavy atom. The van der Waals surface area contributed by atoms with Gasteiger partial charge in [-0.3, -0.25) is 30.0 Å². The van der Waals surface area contributed by atoms with Crippen LogP contribution in [0.1, 0.15) is 32.9 Å². The van der Waals surface area contributed by atoms with Crippen LogP contribution in [0.5, 0.6) is 0 Å². The maximum atomic E-state index is 11.7. The number of hydrazine groups is 1. The summed E-state index contributed by atoms with van der Waals surface area (Å²) in [4.78, 5) is 47.1. The monoisotopic (exact) mass is 360 g/mol. The van der Waals surface area contributed by atoms with E-state index in [0.717, 1.165) is 0 Å². The molecule has 2 aromatic rings. The molecule has 2 N–H and O–H groups in total. The SMILES string of the molecule is O=C(COC(=O)CCC(=O)c1cccs1)NNC(=O)c1ccccc1. The van der Waals surface area contributed by atoms with Gasteiger partial charge in [0.25, 0.3) is 11.8 Å². The first kappa shape index (κ1) is 18.3. The van der Waals surface area contributed by atoms with Crippen molar-refractivity contribution in [1.82, 2.24) is 10.9 Å². The number of ether oxygens (including phenoxy) is 1. The molecule has 1 aromatic carbocycles. The van der Waals surface area contributed by atoms with Crippen LogP contribution in [-0.2, 0) is 14.3 Å². The van der Waals surface area contributed by atoms with Crippen molar-refractivity contribution in [2.24, 2.45) is 0 Å². The third kappa shape index (κ3) is 6.19. The Labute approximate surface area is 148 Å². The predicted octanol–water partition coefficient (Wildman–Crippen LogP) is 1.72. The van der Waals surface area contributed by atoms with E-state index in [0.29, 0.717) is 10.4 Å². The summed E-state index contributed by atoms with van der Waals surface area (Å²) in [5, 5.41) is 1.78. The molecule has 130 valence electrons. The molecular formula is C17H16N2O5S. The van der Waals surface area contributed by atoms with Crippen LogP contribution in [0.3, 0.4) is 0 Å². The van der Waals surface area contributed by atoms with E-state index in [-0.39, 0.29) is 18.6 Å². The van der Waals surface area contributed by atoms with Crippen molar-refractivity contribution >= 4 is 34.9 Å². The largest absolute Gasteiger partial charge is 0.455 e. The number of hydrogen-bond donors (Lipinski definition) is 2. The zero-order valence-corrected chi connectivity index (χ0v) is 14.0. The van der Waals surface area contributed by atoms with Crippen LogP contribution in [0.2, 0.25) is 0 Å². The second-order valence-electron chi connectivity index (χ2n) is 4.93. The Morgan fingerprint density at radius 3 is 2.36 bits per heavy atom. The first-order valence-electron chi connectivity index (χ1n) is 7.43. The molecule has 0 unspecified atom stereocenters. The molecular weight excluding hydrogens is 344 g/mol. The van der Waals surface area contributed by atoms with Gasteiger partial charge in [-0.2, -0.15) is 0 Å². The van der Waals surface area contributed by atoms with Crippen LogP contribution in [0.4, 0.5) is 0 Å². The Morgan fingerprint density at radius 2 is 1.68 bits per heavy atom. The first-order valence-corrected chi connectivity index (χ1v) is 8.31. The Balaban J connectivity index is 1.63. The number of carbonyl (C=O) groups is 4. The van der Waals surface area contributed by atoms with Gasteiger partial charge in [0.1, 0.15) is 0 Å². The summed E-state index contributed by atoms with van der Waals surface area (Å²) in [5.74, 6) is -1.97. The van der Waals surface area contributed by atoms with Crippen molar-refractivity contribution in [3.63, 3.8) is 0 Å². The molecule has 0 aliphatic rings. The summed E-state index contributed by atoms with van der Waals surface area (Å²) < 4.78 is 4.76. The Kier molecular flexibility index (Phi) is 6.85. The van der Waals surface area contributed by atoms with Gasteiger partial charge < -0.3 is 4.74 Å². The highest BCUT2D eigenvalue weighted by Gasteiger charge is 2.13.